The minimum Gasteiger partial charge on any atom is -0.258 e. The lowest BCUT2D eigenvalue weighted by molar-refractivity contribution is -0.384. The normalized spacial score (nSPS) is 10.2. The van der Waals surface area contributed by atoms with Crippen LogP contribution >= 0.6 is 0 Å². The predicted octanol–water partition coefficient (Wildman–Crippen LogP) is 1.48. The Morgan fingerprint density at radius 3 is 2.87 bits per heavy atom. The number of hydrogen-bond donors (Lipinski definition) is 0. The van der Waals surface area contributed by atoms with Crippen molar-refractivity contribution in [2.24, 2.45) is 0 Å². The monoisotopic (exact) mass is 204 g/mol. The SMILES string of the molecule is Cc1ncn(-c2cccc([N+](=O)[O-])c2)n1. The van der Waals surface area contributed by atoms with Crippen LogP contribution in [0, 0.1) is 17.0 Å². The Balaban J connectivity index is 2.45. The van der Waals surface area contributed by atoms with E-state index < -0.39 is 4.92 Å². The molecule has 0 spiro atoms. The highest BCUT2D eigenvalue weighted by molar-refractivity contribution is 5.42. The third-order valence-corrected chi connectivity index (χ3v) is 1.91. The van der Waals surface area contributed by atoms with E-state index in [1.165, 1.54) is 23.1 Å². The van der Waals surface area contributed by atoms with E-state index in [1.807, 2.05) is 0 Å². The standard InChI is InChI=1S/C9H8N4O2/c1-7-10-6-12(11-7)8-3-2-4-9(5-8)13(14)15/h2-6H,1H3. The fourth-order valence-electron chi connectivity index (χ4n) is 1.22. The molecule has 0 saturated heterocycles. The first-order chi connectivity index (χ1) is 7.16. The van der Waals surface area contributed by atoms with Crippen LogP contribution in [-0.2, 0) is 0 Å². The maximum atomic E-state index is 10.5. The van der Waals surface area contributed by atoms with Gasteiger partial charge in [0.25, 0.3) is 5.69 Å². The van der Waals surface area contributed by atoms with Crippen LogP contribution in [0.5, 0.6) is 0 Å². The second-order valence-corrected chi connectivity index (χ2v) is 3.01. The molecule has 15 heavy (non-hydrogen) atoms. The van der Waals surface area contributed by atoms with Gasteiger partial charge in [-0.15, -0.1) is 0 Å². The Kier molecular flexibility index (Phi) is 2.17. The molecule has 2 aromatic rings. The summed E-state index contributed by atoms with van der Waals surface area (Å²) in [6.07, 6.45) is 1.52. The minimum absolute atomic E-state index is 0.0423. The van der Waals surface area contributed by atoms with Crippen LogP contribution in [-0.4, -0.2) is 19.7 Å². The minimum atomic E-state index is -0.437. The van der Waals surface area contributed by atoms with E-state index in [0.717, 1.165) is 0 Å². The zero-order chi connectivity index (χ0) is 10.8. The number of non-ortho nitro benzene ring substituents is 1. The second-order valence-electron chi connectivity index (χ2n) is 3.01. The summed E-state index contributed by atoms with van der Waals surface area (Å²) >= 11 is 0. The largest absolute Gasteiger partial charge is 0.271 e. The third kappa shape index (κ3) is 1.83. The van der Waals surface area contributed by atoms with E-state index in [-0.39, 0.29) is 5.69 Å². The van der Waals surface area contributed by atoms with Crippen molar-refractivity contribution in [1.82, 2.24) is 14.8 Å². The van der Waals surface area contributed by atoms with Crippen molar-refractivity contribution in [1.29, 1.82) is 0 Å². The lowest BCUT2D eigenvalue weighted by atomic mass is 10.3. The van der Waals surface area contributed by atoms with Crippen LogP contribution in [0.4, 0.5) is 5.69 Å². The fourth-order valence-corrected chi connectivity index (χ4v) is 1.22. The Hall–Kier alpha value is -2.24. The molecule has 1 aromatic carbocycles. The van der Waals surface area contributed by atoms with E-state index in [4.69, 9.17) is 0 Å². The fraction of sp³-hybridized carbons (Fsp3) is 0.111. The van der Waals surface area contributed by atoms with Crippen molar-refractivity contribution >= 4 is 5.69 Å². The molecule has 0 saturated carbocycles. The highest BCUT2D eigenvalue weighted by Crippen LogP contribution is 2.15. The van der Waals surface area contributed by atoms with E-state index in [0.29, 0.717) is 11.5 Å². The van der Waals surface area contributed by atoms with Crippen LogP contribution in [0.15, 0.2) is 30.6 Å². The van der Waals surface area contributed by atoms with Gasteiger partial charge in [-0.3, -0.25) is 10.1 Å². The summed E-state index contributed by atoms with van der Waals surface area (Å²) in [7, 11) is 0. The summed E-state index contributed by atoms with van der Waals surface area (Å²) in [4.78, 5) is 14.1. The first kappa shape index (κ1) is 9.32. The topological polar surface area (TPSA) is 73.8 Å². The number of rotatable bonds is 2. The average molecular weight is 204 g/mol. The van der Waals surface area contributed by atoms with Gasteiger partial charge in [-0.2, -0.15) is 5.10 Å². The van der Waals surface area contributed by atoms with E-state index >= 15 is 0 Å². The molecule has 0 fully saturated rings. The smallest absolute Gasteiger partial charge is 0.258 e. The molecule has 0 radical (unpaired) electrons. The highest BCUT2D eigenvalue weighted by Gasteiger charge is 2.07. The zero-order valence-corrected chi connectivity index (χ0v) is 7.99. The lowest BCUT2D eigenvalue weighted by Gasteiger charge is -1.98. The van der Waals surface area contributed by atoms with Crippen LogP contribution in [0.25, 0.3) is 5.69 Å². The van der Waals surface area contributed by atoms with Crippen molar-refractivity contribution in [2.45, 2.75) is 6.92 Å². The Morgan fingerprint density at radius 1 is 1.47 bits per heavy atom. The van der Waals surface area contributed by atoms with Gasteiger partial charge in [0.1, 0.15) is 12.2 Å². The number of benzene rings is 1. The Morgan fingerprint density at radius 2 is 2.27 bits per heavy atom. The van der Waals surface area contributed by atoms with Crippen LogP contribution < -0.4 is 0 Å². The molecule has 2 rings (SSSR count). The molecule has 6 heteroatoms. The molecule has 0 bridgehead atoms. The maximum Gasteiger partial charge on any atom is 0.271 e. The van der Waals surface area contributed by atoms with E-state index in [1.54, 1.807) is 19.1 Å². The molecule has 0 aliphatic rings. The summed E-state index contributed by atoms with van der Waals surface area (Å²) in [5.74, 6) is 0.626. The molecular formula is C9H8N4O2. The average Bonchev–Trinajstić information content (AvgIpc) is 2.65. The molecular weight excluding hydrogens is 196 g/mol. The number of hydrogen-bond acceptors (Lipinski definition) is 4. The van der Waals surface area contributed by atoms with Crippen molar-refractivity contribution in [3.05, 3.63) is 46.5 Å². The number of aromatic nitrogens is 3. The molecule has 76 valence electrons. The van der Waals surface area contributed by atoms with Gasteiger partial charge < -0.3 is 0 Å². The molecule has 0 unspecified atom stereocenters. The summed E-state index contributed by atoms with van der Waals surface area (Å²) in [6.45, 7) is 1.76. The maximum absolute atomic E-state index is 10.5. The number of aryl methyl sites for hydroxylation is 1. The van der Waals surface area contributed by atoms with Crippen LogP contribution in [0.2, 0.25) is 0 Å². The first-order valence-corrected chi connectivity index (χ1v) is 4.30. The van der Waals surface area contributed by atoms with Gasteiger partial charge in [0.05, 0.1) is 10.6 Å². The van der Waals surface area contributed by atoms with Crippen molar-refractivity contribution in [3.63, 3.8) is 0 Å². The molecule has 0 aliphatic carbocycles. The van der Waals surface area contributed by atoms with Crippen molar-refractivity contribution in [3.8, 4) is 5.69 Å². The van der Waals surface area contributed by atoms with Gasteiger partial charge >= 0.3 is 0 Å². The molecule has 1 heterocycles. The Labute approximate surface area is 85.3 Å². The van der Waals surface area contributed by atoms with Gasteiger partial charge in [0, 0.05) is 12.1 Å². The zero-order valence-electron chi connectivity index (χ0n) is 7.99. The van der Waals surface area contributed by atoms with Gasteiger partial charge in [0.15, 0.2) is 0 Å². The summed E-state index contributed by atoms with van der Waals surface area (Å²) < 4.78 is 1.50. The highest BCUT2D eigenvalue weighted by atomic mass is 16.6. The predicted molar refractivity (Wildman–Crippen MR) is 52.8 cm³/mol. The van der Waals surface area contributed by atoms with Gasteiger partial charge in [-0.1, -0.05) is 6.07 Å². The third-order valence-electron chi connectivity index (χ3n) is 1.91. The van der Waals surface area contributed by atoms with Gasteiger partial charge in [-0.25, -0.2) is 9.67 Å². The molecule has 0 amide bonds. The molecule has 1 aromatic heterocycles. The lowest BCUT2D eigenvalue weighted by Crippen LogP contribution is -1.96. The van der Waals surface area contributed by atoms with Gasteiger partial charge in [0.2, 0.25) is 0 Å². The number of nitro benzene ring substituents is 1. The van der Waals surface area contributed by atoms with Crippen LogP contribution in [0.1, 0.15) is 5.82 Å². The number of nitro groups is 1. The quantitative estimate of drug-likeness (QED) is 0.548. The Bertz CT molecular complexity index is 506. The summed E-state index contributed by atoms with van der Waals surface area (Å²) in [6, 6.07) is 6.24. The van der Waals surface area contributed by atoms with Gasteiger partial charge in [-0.05, 0) is 13.0 Å². The molecule has 0 N–H and O–H groups in total. The van der Waals surface area contributed by atoms with Crippen molar-refractivity contribution < 1.29 is 4.92 Å². The van der Waals surface area contributed by atoms with Crippen molar-refractivity contribution in [2.75, 3.05) is 0 Å². The molecule has 0 aliphatic heterocycles. The first-order valence-electron chi connectivity index (χ1n) is 4.30. The molecule has 6 nitrogen and oxygen atoms in total. The summed E-state index contributed by atoms with van der Waals surface area (Å²) in [5, 5.41) is 14.6. The summed E-state index contributed by atoms with van der Waals surface area (Å²) in [5.41, 5.74) is 0.672. The van der Waals surface area contributed by atoms with E-state index in [9.17, 15) is 10.1 Å². The number of nitrogens with zero attached hydrogens (tertiary/aromatic N) is 4. The van der Waals surface area contributed by atoms with E-state index in [2.05, 4.69) is 10.1 Å². The van der Waals surface area contributed by atoms with Crippen LogP contribution in [0.3, 0.4) is 0 Å². The second kappa shape index (κ2) is 3.49. The molecule has 0 atom stereocenters.